The number of ether oxygens (including phenoxy) is 1. The highest BCUT2D eigenvalue weighted by Crippen LogP contribution is 2.42. The maximum absolute atomic E-state index is 11.9. The van der Waals surface area contributed by atoms with Crippen LogP contribution < -0.4 is 5.32 Å². The van der Waals surface area contributed by atoms with Gasteiger partial charge in [0.1, 0.15) is 4.88 Å². The SMILES string of the molecule is COCCCNC(=O)c1sc(C2CC2)nc1C. The molecule has 0 radical (unpaired) electrons. The Labute approximate surface area is 105 Å². The molecule has 1 aromatic rings. The Kier molecular flexibility index (Phi) is 4.12. The van der Waals surface area contributed by atoms with Gasteiger partial charge in [-0.15, -0.1) is 11.3 Å². The predicted octanol–water partition coefficient (Wildman–Crippen LogP) is 2.10. The van der Waals surface area contributed by atoms with Gasteiger partial charge in [0.2, 0.25) is 0 Å². The molecular weight excluding hydrogens is 236 g/mol. The van der Waals surface area contributed by atoms with Crippen LogP contribution in [0, 0.1) is 6.92 Å². The normalized spacial score (nSPS) is 14.9. The van der Waals surface area contributed by atoms with Crippen LogP contribution in [-0.4, -0.2) is 31.2 Å². The standard InChI is InChI=1S/C12H18N2O2S/c1-8-10(11(15)13-6-3-7-16-2)17-12(14-8)9-4-5-9/h9H,3-7H2,1-2H3,(H,13,15). The molecule has 1 fully saturated rings. The number of nitrogens with zero attached hydrogens (tertiary/aromatic N) is 1. The van der Waals surface area contributed by atoms with Crippen LogP contribution in [0.1, 0.15) is 45.6 Å². The Morgan fingerprint density at radius 2 is 2.35 bits per heavy atom. The average molecular weight is 254 g/mol. The van der Waals surface area contributed by atoms with Gasteiger partial charge in [-0.1, -0.05) is 0 Å². The van der Waals surface area contributed by atoms with Gasteiger partial charge in [0.05, 0.1) is 10.7 Å². The number of nitrogens with one attached hydrogen (secondary N) is 1. The van der Waals surface area contributed by atoms with Crippen LogP contribution >= 0.6 is 11.3 Å². The predicted molar refractivity (Wildman–Crippen MR) is 67.7 cm³/mol. The molecule has 0 aromatic carbocycles. The summed E-state index contributed by atoms with van der Waals surface area (Å²) in [5.74, 6) is 0.622. The van der Waals surface area contributed by atoms with Gasteiger partial charge in [-0.3, -0.25) is 4.79 Å². The van der Waals surface area contributed by atoms with Gasteiger partial charge < -0.3 is 10.1 Å². The van der Waals surface area contributed by atoms with E-state index in [-0.39, 0.29) is 5.91 Å². The second-order valence-electron chi connectivity index (χ2n) is 4.34. The summed E-state index contributed by atoms with van der Waals surface area (Å²) in [6.07, 6.45) is 3.29. The maximum atomic E-state index is 11.9. The molecule has 0 unspecified atom stereocenters. The third-order valence-electron chi connectivity index (χ3n) is 2.76. The molecule has 1 aliphatic rings. The summed E-state index contributed by atoms with van der Waals surface area (Å²) in [4.78, 5) is 17.1. The van der Waals surface area contributed by atoms with Crippen LogP contribution in [0.5, 0.6) is 0 Å². The minimum atomic E-state index is 0.00278. The third kappa shape index (κ3) is 3.26. The number of aromatic nitrogens is 1. The number of amides is 1. The molecular formula is C12H18N2O2S. The lowest BCUT2D eigenvalue weighted by atomic mass is 10.3. The van der Waals surface area contributed by atoms with Crippen molar-refractivity contribution in [3.05, 3.63) is 15.6 Å². The highest BCUT2D eigenvalue weighted by molar-refractivity contribution is 7.13. The summed E-state index contributed by atoms with van der Waals surface area (Å²) in [5.41, 5.74) is 0.862. The zero-order valence-electron chi connectivity index (χ0n) is 10.3. The summed E-state index contributed by atoms with van der Waals surface area (Å²) in [5, 5.41) is 4.03. The van der Waals surface area contributed by atoms with Crippen molar-refractivity contribution in [2.75, 3.05) is 20.3 Å². The first kappa shape index (κ1) is 12.5. The van der Waals surface area contributed by atoms with Gasteiger partial charge in [-0.2, -0.15) is 0 Å². The van der Waals surface area contributed by atoms with E-state index in [1.54, 1.807) is 18.4 Å². The van der Waals surface area contributed by atoms with E-state index in [2.05, 4.69) is 10.3 Å². The molecule has 1 amide bonds. The molecule has 5 heteroatoms. The number of carbonyl (C=O) groups excluding carboxylic acids is 1. The van der Waals surface area contributed by atoms with Gasteiger partial charge in [0, 0.05) is 26.2 Å². The molecule has 4 nitrogen and oxygen atoms in total. The lowest BCUT2D eigenvalue weighted by molar-refractivity contribution is 0.0952. The molecule has 1 heterocycles. The van der Waals surface area contributed by atoms with Crippen LogP contribution in [0.25, 0.3) is 0 Å². The second kappa shape index (κ2) is 5.60. The maximum Gasteiger partial charge on any atom is 0.263 e. The van der Waals surface area contributed by atoms with Crippen LogP contribution in [0.2, 0.25) is 0 Å². The molecule has 17 heavy (non-hydrogen) atoms. The van der Waals surface area contributed by atoms with E-state index < -0.39 is 0 Å². The van der Waals surface area contributed by atoms with E-state index >= 15 is 0 Å². The fourth-order valence-electron chi connectivity index (χ4n) is 1.63. The molecule has 1 saturated carbocycles. The minimum absolute atomic E-state index is 0.00278. The van der Waals surface area contributed by atoms with Crippen LogP contribution in [0.15, 0.2) is 0 Å². The van der Waals surface area contributed by atoms with Crippen LogP contribution in [0.3, 0.4) is 0 Å². The average Bonchev–Trinajstić information content (AvgIpc) is 3.08. The van der Waals surface area contributed by atoms with E-state index in [4.69, 9.17) is 4.74 Å². The summed E-state index contributed by atoms with van der Waals surface area (Å²) in [6.45, 7) is 3.24. The van der Waals surface area contributed by atoms with Crippen molar-refractivity contribution in [1.82, 2.24) is 10.3 Å². The summed E-state index contributed by atoms with van der Waals surface area (Å²) in [6, 6.07) is 0. The molecule has 0 atom stereocenters. The van der Waals surface area contributed by atoms with E-state index in [1.807, 2.05) is 6.92 Å². The number of hydrogen-bond acceptors (Lipinski definition) is 4. The van der Waals surface area contributed by atoms with Gasteiger partial charge in [-0.05, 0) is 26.2 Å². The summed E-state index contributed by atoms with van der Waals surface area (Å²) < 4.78 is 4.94. The second-order valence-corrected chi connectivity index (χ2v) is 5.37. The fourth-order valence-corrected chi connectivity index (χ4v) is 2.78. The molecule has 0 aliphatic heterocycles. The van der Waals surface area contributed by atoms with Crippen LogP contribution in [-0.2, 0) is 4.74 Å². The van der Waals surface area contributed by atoms with Crippen molar-refractivity contribution in [2.45, 2.75) is 32.1 Å². The molecule has 0 spiro atoms. The van der Waals surface area contributed by atoms with Crippen molar-refractivity contribution in [2.24, 2.45) is 0 Å². The zero-order chi connectivity index (χ0) is 12.3. The van der Waals surface area contributed by atoms with Crippen LogP contribution in [0.4, 0.5) is 0 Å². The first-order valence-electron chi connectivity index (χ1n) is 5.97. The Morgan fingerprint density at radius 1 is 1.59 bits per heavy atom. The fraction of sp³-hybridized carbons (Fsp3) is 0.667. The molecule has 1 aromatic heterocycles. The van der Waals surface area contributed by atoms with Crippen molar-refractivity contribution < 1.29 is 9.53 Å². The van der Waals surface area contributed by atoms with Gasteiger partial charge in [0.25, 0.3) is 5.91 Å². The zero-order valence-corrected chi connectivity index (χ0v) is 11.1. The van der Waals surface area contributed by atoms with Crippen molar-refractivity contribution in [3.63, 3.8) is 0 Å². The van der Waals surface area contributed by atoms with E-state index in [9.17, 15) is 4.79 Å². The number of carbonyl (C=O) groups is 1. The number of methoxy groups -OCH3 is 1. The number of hydrogen-bond donors (Lipinski definition) is 1. The molecule has 1 N–H and O–H groups in total. The lowest BCUT2D eigenvalue weighted by Crippen LogP contribution is -2.24. The third-order valence-corrected chi connectivity index (χ3v) is 4.08. The molecule has 94 valence electrons. The minimum Gasteiger partial charge on any atom is -0.385 e. The van der Waals surface area contributed by atoms with E-state index in [0.717, 1.165) is 22.0 Å². The smallest absolute Gasteiger partial charge is 0.263 e. The highest BCUT2D eigenvalue weighted by atomic mass is 32.1. The molecule has 0 bridgehead atoms. The van der Waals surface area contributed by atoms with Crippen molar-refractivity contribution in [1.29, 1.82) is 0 Å². The number of aryl methyl sites for hydroxylation is 1. The summed E-state index contributed by atoms with van der Waals surface area (Å²) in [7, 11) is 1.66. The molecule has 0 saturated heterocycles. The topological polar surface area (TPSA) is 51.2 Å². The first-order valence-corrected chi connectivity index (χ1v) is 6.78. The molecule has 1 aliphatic carbocycles. The number of thiazole rings is 1. The Bertz CT molecular complexity index is 399. The Hall–Kier alpha value is -0.940. The largest absolute Gasteiger partial charge is 0.385 e. The van der Waals surface area contributed by atoms with Gasteiger partial charge >= 0.3 is 0 Å². The van der Waals surface area contributed by atoms with Gasteiger partial charge in [-0.25, -0.2) is 4.98 Å². The summed E-state index contributed by atoms with van der Waals surface area (Å²) >= 11 is 1.55. The number of rotatable bonds is 6. The van der Waals surface area contributed by atoms with Crippen molar-refractivity contribution in [3.8, 4) is 0 Å². The molecule has 2 rings (SSSR count). The van der Waals surface area contributed by atoms with Gasteiger partial charge in [0.15, 0.2) is 0 Å². The Balaban J connectivity index is 1.89. The lowest BCUT2D eigenvalue weighted by Gasteiger charge is -2.02. The highest BCUT2D eigenvalue weighted by Gasteiger charge is 2.28. The first-order chi connectivity index (χ1) is 8.22. The van der Waals surface area contributed by atoms with E-state index in [0.29, 0.717) is 19.1 Å². The monoisotopic (exact) mass is 254 g/mol. The Morgan fingerprint density at radius 3 is 3.00 bits per heavy atom. The quantitative estimate of drug-likeness (QED) is 0.791. The van der Waals surface area contributed by atoms with Crippen molar-refractivity contribution >= 4 is 17.2 Å². The van der Waals surface area contributed by atoms with E-state index in [1.165, 1.54) is 12.8 Å².